The van der Waals surface area contributed by atoms with Gasteiger partial charge in [0.05, 0.1) is 36.8 Å². The van der Waals surface area contributed by atoms with Crippen molar-refractivity contribution < 1.29 is 17.9 Å². The van der Waals surface area contributed by atoms with Crippen molar-refractivity contribution in [3.63, 3.8) is 0 Å². The molecule has 0 radical (unpaired) electrons. The Bertz CT molecular complexity index is 1200. The Morgan fingerprint density at radius 1 is 1.12 bits per heavy atom. The van der Waals surface area contributed by atoms with Gasteiger partial charge in [-0.15, -0.1) is 0 Å². The number of ether oxygens (including phenoxy) is 1. The van der Waals surface area contributed by atoms with Gasteiger partial charge in [0.2, 0.25) is 15.0 Å². The number of rotatable bonds is 9. The van der Waals surface area contributed by atoms with Crippen LogP contribution in [0.1, 0.15) is 48.3 Å². The van der Waals surface area contributed by atoms with Crippen LogP contribution in [0.3, 0.4) is 0 Å². The lowest BCUT2D eigenvalue weighted by atomic mass is 10.1. The van der Waals surface area contributed by atoms with Gasteiger partial charge in [-0.25, -0.2) is 13.4 Å². The highest BCUT2D eigenvalue weighted by Gasteiger charge is 2.29. The highest BCUT2D eigenvalue weighted by atomic mass is 32.2. The van der Waals surface area contributed by atoms with Gasteiger partial charge in [-0.2, -0.15) is 0 Å². The van der Waals surface area contributed by atoms with Crippen molar-refractivity contribution in [1.29, 1.82) is 0 Å². The predicted molar refractivity (Wildman–Crippen MR) is 130 cm³/mol. The molecular weight excluding hydrogens is 450 g/mol. The second-order valence-electron chi connectivity index (χ2n) is 8.92. The van der Waals surface area contributed by atoms with Gasteiger partial charge in [0.1, 0.15) is 0 Å². The van der Waals surface area contributed by atoms with E-state index < -0.39 is 9.84 Å². The van der Waals surface area contributed by atoms with E-state index in [2.05, 4.69) is 4.98 Å². The van der Waals surface area contributed by atoms with Crippen molar-refractivity contribution in [2.45, 2.75) is 62.8 Å². The summed E-state index contributed by atoms with van der Waals surface area (Å²) in [6, 6.07) is 18.1. The Hall–Kier alpha value is -2.97. The van der Waals surface area contributed by atoms with E-state index in [0.29, 0.717) is 30.0 Å². The SMILES string of the molecule is CC(C)N(Cc1cnc(S(=O)(=O)Cc2ccccc2)n1CC1CCCO1)C(=O)c1ccccc1. The average Bonchev–Trinajstić information content (AvgIpc) is 3.48. The summed E-state index contributed by atoms with van der Waals surface area (Å²) in [6.45, 7) is 5.23. The van der Waals surface area contributed by atoms with Crippen molar-refractivity contribution in [1.82, 2.24) is 14.5 Å². The van der Waals surface area contributed by atoms with Gasteiger partial charge in [0.15, 0.2) is 0 Å². The number of carbonyl (C=O) groups is 1. The standard InChI is InChI=1S/C26H31N3O4S/c1-20(2)28(25(30)22-12-7-4-8-13-22)17-23-16-27-26(29(23)18-24-14-9-15-33-24)34(31,32)19-21-10-5-3-6-11-21/h3-8,10-13,16,20,24H,9,14-15,17-19H2,1-2H3. The summed E-state index contributed by atoms with van der Waals surface area (Å²) in [6.07, 6.45) is 3.33. The van der Waals surface area contributed by atoms with Gasteiger partial charge >= 0.3 is 0 Å². The van der Waals surface area contributed by atoms with Crippen molar-refractivity contribution >= 4 is 15.7 Å². The molecule has 8 heteroatoms. The first-order chi connectivity index (χ1) is 16.3. The molecule has 0 saturated carbocycles. The maximum absolute atomic E-state index is 13.4. The molecule has 1 aliphatic rings. The molecule has 1 unspecified atom stereocenters. The summed E-state index contributed by atoms with van der Waals surface area (Å²) >= 11 is 0. The minimum atomic E-state index is -3.70. The van der Waals surface area contributed by atoms with Gasteiger partial charge in [-0.3, -0.25) is 4.79 Å². The van der Waals surface area contributed by atoms with E-state index in [-0.39, 0.29) is 35.5 Å². The van der Waals surface area contributed by atoms with Crippen LogP contribution in [-0.4, -0.2) is 47.5 Å². The van der Waals surface area contributed by atoms with Gasteiger partial charge in [0, 0.05) is 18.2 Å². The Morgan fingerprint density at radius 2 is 1.79 bits per heavy atom. The lowest BCUT2D eigenvalue weighted by molar-refractivity contribution is 0.0678. The van der Waals surface area contributed by atoms with Gasteiger partial charge < -0.3 is 14.2 Å². The van der Waals surface area contributed by atoms with Crippen LogP contribution in [0.25, 0.3) is 0 Å². The molecule has 34 heavy (non-hydrogen) atoms. The number of carbonyl (C=O) groups excluding carboxylic acids is 1. The molecule has 0 spiro atoms. The zero-order valence-electron chi connectivity index (χ0n) is 19.6. The summed E-state index contributed by atoms with van der Waals surface area (Å²) in [4.78, 5) is 19.3. The van der Waals surface area contributed by atoms with Crippen LogP contribution in [0.15, 0.2) is 72.0 Å². The third-order valence-electron chi connectivity index (χ3n) is 6.03. The fraction of sp³-hybridized carbons (Fsp3) is 0.385. The summed E-state index contributed by atoms with van der Waals surface area (Å²) < 4.78 is 34.3. The third kappa shape index (κ3) is 5.56. The van der Waals surface area contributed by atoms with E-state index >= 15 is 0 Å². The Kier molecular flexibility index (Phi) is 7.48. The fourth-order valence-corrected chi connectivity index (χ4v) is 5.72. The molecule has 1 atom stereocenters. The Labute approximate surface area is 201 Å². The van der Waals surface area contributed by atoms with Crippen LogP contribution in [0, 0.1) is 0 Å². The zero-order chi connectivity index (χ0) is 24.1. The monoisotopic (exact) mass is 481 g/mol. The molecule has 1 saturated heterocycles. The summed E-state index contributed by atoms with van der Waals surface area (Å²) in [5, 5.41) is 0.0257. The number of amides is 1. The minimum absolute atomic E-state index is 0.0257. The maximum Gasteiger partial charge on any atom is 0.254 e. The first-order valence-corrected chi connectivity index (χ1v) is 13.3. The van der Waals surface area contributed by atoms with E-state index in [0.717, 1.165) is 12.8 Å². The van der Waals surface area contributed by atoms with Crippen molar-refractivity contribution in [3.05, 3.63) is 83.7 Å². The lowest BCUT2D eigenvalue weighted by Gasteiger charge is -2.28. The molecule has 3 aromatic rings. The van der Waals surface area contributed by atoms with Crippen LogP contribution in [0.5, 0.6) is 0 Å². The van der Waals surface area contributed by atoms with Crippen LogP contribution < -0.4 is 0 Å². The molecule has 1 aliphatic heterocycles. The Balaban J connectivity index is 1.67. The van der Waals surface area contributed by atoms with E-state index in [1.165, 1.54) is 0 Å². The number of benzene rings is 2. The second kappa shape index (κ2) is 10.5. The molecule has 7 nitrogen and oxygen atoms in total. The fourth-order valence-electron chi connectivity index (χ4n) is 4.22. The van der Waals surface area contributed by atoms with Gasteiger partial charge in [0.25, 0.3) is 5.91 Å². The van der Waals surface area contributed by atoms with E-state index in [9.17, 15) is 13.2 Å². The van der Waals surface area contributed by atoms with Crippen LogP contribution >= 0.6 is 0 Å². The number of hydrogen-bond acceptors (Lipinski definition) is 5. The van der Waals surface area contributed by atoms with Crippen LogP contribution in [0.4, 0.5) is 0 Å². The molecule has 0 aliphatic carbocycles. The molecule has 1 fully saturated rings. The minimum Gasteiger partial charge on any atom is -0.376 e. The van der Waals surface area contributed by atoms with E-state index in [4.69, 9.17) is 4.74 Å². The third-order valence-corrected chi connectivity index (χ3v) is 7.62. The predicted octanol–water partition coefficient (Wildman–Crippen LogP) is 4.09. The number of hydrogen-bond donors (Lipinski definition) is 0. The molecular formula is C26H31N3O4S. The van der Waals surface area contributed by atoms with Crippen molar-refractivity contribution in [2.24, 2.45) is 0 Å². The summed E-state index contributed by atoms with van der Waals surface area (Å²) in [5.74, 6) is -0.235. The number of sulfone groups is 1. The lowest BCUT2D eigenvalue weighted by Crippen LogP contribution is -2.37. The van der Waals surface area contributed by atoms with E-state index in [1.54, 1.807) is 39.9 Å². The molecule has 0 N–H and O–H groups in total. The second-order valence-corrected chi connectivity index (χ2v) is 10.8. The quantitative estimate of drug-likeness (QED) is 0.460. The molecule has 2 heterocycles. The summed E-state index contributed by atoms with van der Waals surface area (Å²) in [5.41, 5.74) is 1.98. The molecule has 2 aromatic carbocycles. The van der Waals surface area contributed by atoms with Crippen molar-refractivity contribution in [3.8, 4) is 0 Å². The first-order valence-electron chi connectivity index (χ1n) is 11.6. The molecule has 1 aromatic heterocycles. The number of nitrogens with zero attached hydrogens (tertiary/aromatic N) is 3. The number of aromatic nitrogens is 2. The molecule has 180 valence electrons. The molecule has 0 bridgehead atoms. The normalized spacial score (nSPS) is 16.1. The maximum atomic E-state index is 13.4. The van der Waals surface area contributed by atoms with Crippen molar-refractivity contribution in [2.75, 3.05) is 6.61 Å². The van der Waals surface area contributed by atoms with Gasteiger partial charge in [-0.05, 0) is 44.4 Å². The number of imidazole rings is 1. The largest absolute Gasteiger partial charge is 0.376 e. The molecule has 4 rings (SSSR count). The average molecular weight is 482 g/mol. The zero-order valence-corrected chi connectivity index (χ0v) is 20.4. The van der Waals surface area contributed by atoms with Crippen LogP contribution in [0.2, 0.25) is 0 Å². The van der Waals surface area contributed by atoms with E-state index in [1.807, 2.05) is 50.2 Å². The smallest absolute Gasteiger partial charge is 0.254 e. The van der Waals surface area contributed by atoms with Crippen LogP contribution in [-0.2, 0) is 33.4 Å². The van der Waals surface area contributed by atoms with Gasteiger partial charge in [-0.1, -0.05) is 48.5 Å². The Morgan fingerprint density at radius 3 is 2.41 bits per heavy atom. The molecule has 1 amide bonds. The first kappa shape index (κ1) is 24.2. The topological polar surface area (TPSA) is 81.5 Å². The highest BCUT2D eigenvalue weighted by molar-refractivity contribution is 7.90. The highest BCUT2D eigenvalue weighted by Crippen LogP contribution is 2.23. The summed E-state index contributed by atoms with van der Waals surface area (Å²) in [7, 11) is -3.70.